The third kappa shape index (κ3) is 6.03. The van der Waals surface area contributed by atoms with E-state index in [9.17, 15) is 9.59 Å². The Bertz CT molecular complexity index is 1230. The molecule has 0 unspecified atom stereocenters. The van der Waals surface area contributed by atoms with Crippen LogP contribution in [0.15, 0.2) is 59.7 Å². The highest BCUT2D eigenvalue weighted by atomic mass is 16.5. The normalized spacial score (nSPS) is 10.5. The molecule has 0 heterocycles. The lowest BCUT2D eigenvalue weighted by Gasteiger charge is -2.13. The maximum Gasteiger partial charge on any atom is 0.343 e. The molecule has 0 spiro atoms. The Morgan fingerprint density at radius 1 is 0.694 bits per heavy atom. The Morgan fingerprint density at radius 2 is 1.28 bits per heavy atom. The fourth-order valence-corrected chi connectivity index (χ4v) is 3.19. The molecular weight excluding hydrogens is 468 g/mol. The summed E-state index contributed by atoms with van der Waals surface area (Å²) in [4.78, 5) is 25.0. The summed E-state index contributed by atoms with van der Waals surface area (Å²) in [6.45, 7) is 0. The molecule has 0 aliphatic heterocycles. The minimum Gasteiger partial charge on any atom is -0.493 e. The molecule has 10 nitrogen and oxygen atoms in total. The van der Waals surface area contributed by atoms with Crippen molar-refractivity contribution in [3.63, 3.8) is 0 Å². The largest absolute Gasteiger partial charge is 0.493 e. The Morgan fingerprint density at radius 3 is 1.83 bits per heavy atom. The molecule has 0 aromatic heterocycles. The Hall–Kier alpha value is -4.73. The van der Waals surface area contributed by atoms with Crippen LogP contribution in [0, 0.1) is 0 Å². The standard InChI is InChI=1S/C26H26N2O8/c1-31-20-11-8-17(12-21(20)32-2)25(29)28-27-15-16-6-9-19(10-7-16)36-26(30)18-13-22(33-3)24(35-5)23(14-18)34-4/h6-15H,1-5H3,(H,28,29)/b27-15+. The van der Waals surface area contributed by atoms with E-state index in [1.165, 1.54) is 53.9 Å². The number of rotatable bonds is 10. The van der Waals surface area contributed by atoms with E-state index in [4.69, 9.17) is 28.4 Å². The second-order valence-electron chi connectivity index (χ2n) is 7.14. The lowest BCUT2D eigenvalue weighted by molar-refractivity contribution is 0.0733. The van der Waals surface area contributed by atoms with Crippen molar-refractivity contribution in [3.8, 4) is 34.5 Å². The minimum absolute atomic E-state index is 0.230. The van der Waals surface area contributed by atoms with Crippen LogP contribution < -0.4 is 33.8 Å². The van der Waals surface area contributed by atoms with Crippen LogP contribution in [0.25, 0.3) is 0 Å². The van der Waals surface area contributed by atoms with Crippen molar-refractivity contribution in [2.24, 2.45) is 5.10 Å². The average molecular weight is 495 g/mol. The summed E-state index contributed by atoms with van der Waals surface area (Å²) in [5, 5.41) is 3.96. The number of hydrogen-bond acceptors (Lipinski definition) is 9. The molecule has 0 aliphatic rings. The van der Waals surface area contributed by atoms with E-state index in [1.54, 1.807) is 42.5 Å². The summed E-state index contributed by atoms with van der Waals surface area (Å²) in [7, 11) is 7.40. The van der Waals surface area contributed by atoms with Gasteiger partial charge in [0, 0.05) is 5.56 Å². The molecule has 0 radical (unpaired) electrons. The Kier molecular flexibility index (Phi) is 8.71. The van der Waals surface area contributed by atoms with Crippen molar-refractivity contribution >= 4 is 18.1 Å². The van der Waals surface area contributed by atoms with Gasteiger partial charge in [0.25, 0.3) is 5.91 Å². The van der Waals surface area contributed by atoms with E-state index in [1.807, 2.05) is 0 Å². The zero-order valence-corrected chi connectivity index (χ0v) is 20.5. The Labute approximate surface area is 208 Å². The van der Waals surface area contributed by atoms with Crippen LogP contribution in [-0.4, -0.2) is 53.6 Å². The summed E-state index contributed by atoms with van der Waals surface area (Å²) in [6, 6.07) is 14.4. The zero-order valence-electron chi connectivity index (χ0n) is 20.5. The van der Waals surface area contributed by atoms with Crippen LogP contribution in [0.1, 0.15) is 26.3 Å². The van der Waals surface area contributed by atoms with Crippen molar-refractivity contribution in [1.29, 1.82) is 0 Å². The van der Waals surface area contributed by atoms with Gasteiger partial charge in [0.2, 0.25) is 5.75 Å². The molecule has 0 fully saturated rings. The van der Waals surface area contributed by atoms with Gasteiger partial charge in [0.1, 0.15) is 5.75 Å². The first kappa shape index (κ1) is 25.9. The van der Waals surface area contributed by atoms with E-state index < -0.39 is 11.9 Å². The number of hydrogen-bond donors (Lipinski definition) is 1. The fraction of sp³-hybridized carbons (Fsp3) is 0.192. The van der Waals surface area contributed by atoms with E-state index in [2.05, 4.69) is 10.5 Å². The molecule has 10 heteroatoms. The third-order valence-corrected chi connectivity index (χ3v) is 5.02. The van der Waals surface area contributed by atoms with Crippen molar-refractivity contribution in [2.75, 3.05) is 35.5 Å². The molecule has 1 amide bonds. The smallest absolute Gasteiger partial charge is 0.343 e. The van der Waals surface area contributed by atoms with Crippen molar-refractivity contribution < 1.29 is 38.0 Å². The molecule has 3 aromatic rings. The van der Waals surface area contributed by atoms with Gasteiger partial charge in [-0.3, -0.25) is 4.79 Å². The van der Waals surface area contributed by atoms with Gasteiger partial charge in [-0.05, 0) is 60.2 Å². The number of carbonyl (C=O) groups excluding carboxylic acids is 2. The number of nitrogens with zero attached hydrogens (tertiary/aromatic N) is 1. The summed E-state index contributed by atoms with van der Waals surface area (Å²) in [5.74, 6) is 1.31. The summed E-state index contributed by atoms with van der Waals surface area (Å²) in [5.41, 5.74) is 3.72. The van der Waals surface area contributed by atoms with Crippen LogP contribution in [0.2, 0.25) is 0 Å². The van der Waals surface area contributed by atoms with Crippen molar-refractivity contribution in [2.45, 2.75) is 0 Å². The number of carbonyl (C=O) groups is 2. The number of methoxy groups -OCH3 is 5. The number of nitrogens with one attached hydrogen (secondary N) is 1. The molecule has 36 heavy (non-hydrogen) atoms. The van der Waals surface area contributed by atoms with E-state index in [0.29, 0.717) is 45.6 Å². The van der Waals surface area contributed by atoms with Gasteiger partial charge in [0.05, 0.1) is 47.3 Å². The number of amides is 1. The van der Waals surface area contributed by atoms with Crippen LogP contribution >= 0.6 is 0 Å². The molecule has 3 rings (SSSR count). The molecule has 3 aromatic carbocycles. The topological polar surface area (TPSA) is 114 Å². The average Bonchev–Trinajstić information content (AvgIpc) is 2.92. The SMILES string of the molecule is COc1ccc(C(=O)N/N=C/c2ccc(OC(=O)c3cc(OC)c(OC)c(OC)c3)cc2)cc1OC. The second kappa shape index (κ2) is 12.1. The lowest BCUT2D eigenvalue weighted by atomic mass is 10.2. The maximum atomic E-state index is 12.6. The monoisotopic (exact) mass is 494 g/mol. The molecule has 0 atom stereocenters. The number of ether oxygens (including phenoxy) is 6. The van der Waals surface area contributed by atoms with Gasteiger partial charge >= 0.3 is 5.97 Å². The van der Waals surface area contributed by atoms with Gasteiger partial charge in [-0.2, -0.15) is 5.10 Å². The van der Waals surface area contributed by atoms with E-state index in [-0.39, 0.29) is 5.56 Å². The summed E-state index contributed by atoms with van der Waals surface area (Å²) < 4.78 is 31.6. The molecule has 188 valence electrons. The number of hydrazone groups is 1. The molecule has 0 aliphatic carbocycles. The van der Waals surface area contributed by atoms with Crippen LogP contribution in [0.5, 0.6) is 34.5 Å². The zero-order chi connectivity index (χ0) is 26.1. The molecule has 0 saturated heterocycles. The highest BCUT2D eigenvalue weighted by Gasteiger charge is 2.18. The summed E-state index contributed by atoms with van der Waals surface area (Å²) in [6.07, 6.45) is 1.46. The number of benzene rings is 3. The molecule has 1 N–H and O–H groups in total. The first-order chi connectivity index (χ1) is 17.4. The predicted molar refractivity (Wildman–Crippen MR) is 132 cm³/mol. The third-order valence-electron chi connectivity index (χ3n) is 5.02. The fourth-order valence-electron chi connectivity index (χ4n) is 3.19. The predicted octanol–water partition coefficient (Wildman–Crippen LogP) is 3.71. The van der Waals surface area contributed by atoms with E-state index in [0.717, 1.165) is 0 Å². The minimum atomic E-state index is -0.599. The summed E-state index contributed by atoms with van der Waals surface area (Å²) >= 11 is 0. The van der Waals surface area contributed by atoms with Gasteiger partial charge in [-0.1, -0.05) is 0 Å². The lowest BCUT2D eigenvalue weighted by Crippen LogP contribution is -2.17. The second-order valence-corrected chi connectivity index (χ2v) is 7.14. The van der Waals surface area contributed by atoms with Crippen molar-refractivity contribution in [3.05, 3.63) is 71.3 Å². The van der Waals surface area contributed by atoms with Gasteiger partial charge in [-0.15, -0.1) is 0 Å². The molecular formula is C26H26N2O8. The number of esters is 1. The van der Waals surface area contributed by atoms with Gasteiger partial charge in [-0.25, -0.2) is 10.2 Å². The highest BCUT2D eigenvalue weighted by Crippen LogP contribution is 2.38. The molecule has 0 saturated carbocycles. The first-order valence-corrected chi connectivity index (χ1v) is 10.6. The first-order valence-electron chi connectivity index (χ1n) is 10.6. The van der Waals surface area contributed by atoms with Crippen LogP contribution in [0.3, 0.4) is 0 Å². The maximum absolute atomic E-state index is 12.6. The van der Waals surface area contributed by atoms with Crippen molar-refractivity contribution in [1.82, 2.24) is 5.43 Å². The van der Waals surface area contributed by atoms with Crippen LogP contribution in [0.4, 0.5) is 0 Å². The Balaban J connectivity index is 1.63. The molecule has 0 bridgehead atoms. The van der Waals surface area contributed by atoms with Gasteiger partial charge in [0.15, 0.2) is 23.0 Å². The highest BCUT2D eigenvalue weighted by molar-refractivity contribution is 5.95. The van der Waals surface area contributed by atoms with Crippen LogP contribution in [-0.2, 0) is 0 Å². The quantitative estimate of drug-likeness (QED) is 0.196. The van der Waals surface area contributed by atoms with E-state index >= 15 is 0 Å². The van der Waals surface area contributed by atoms with Gasteiger partial charge < -0.3 is 28.4 Å².